The van der Waals surface area contributed by atoms with Crippen LogP contribution in [0.1, 0.15) is 64.9 Å². The Balaban J connectivity index is 1.86. The normalized spacial score (nSPS) is 14.3. The smallest absolute Gasteiger partial charge is 0.257 e. The van der Waals surface area contributed by atoms with Crippen molar-refractivity contribution in [1.29, 1.82) is 0 Å². The number of nitrogens with zero attached hydrogens (tertiary/aromatic N) is 3. The second-order valence-electron chi connectivity index (χ2n) is 6.60. The fraction of sp³-hybridized carbons (Fsp3) is 0.526. The van der Waals surface area contributed by atoms with Gasteiger partial charge in [-0.25, -0.2) is 4.98 Å². The molecule has 25 heavy (non-hydrogen) atoms. The Hall–Kier alpha value is -2.37. The molecule has 1 aliphatic carbocycles. The molecule has 1 aliphatic rings. The molecule has 6 nitrogen and oxygen atoms in total. The molecule has 0 radical (unpaired) electrons. The average Bonchev–Trinajstić information content (AvgIpc) is 3.16. The third kappa shape index (κ3) is 3.13. The molecular weight excluding hydrogens is 316 g/mol. The summed E-state index contributed by atoms with van der Waals surface area (Å²) in [5.74, 6) is 0.248. The number of carbonyl (C=O) groups excluding carboxylic acids is 1. The van der Waals surface area contributed by atoms with Crippen LogP contribution in [0.5, 0.6) is 5.88 Å². The minimum Gasteiger partial charge on any atom is -0.480 e. The Labute approximate surface area is 148 Å². The van der Waals surface area contributed by atoms with E-state index >= 15 is 0 Å². The third-order valence-corrected chi connectivity index (χ3v) is 4.97. The molecule has 134 valence electrons. The number of methoxy groups -OCH3 is 1. The van der Waals surface area contributed by atoms with Gasteiger partial charge in [-0.3, -0.25) is 9.48 Å². The van der Waals surface area contributed by atoms with Crippen molar-refractivity contribution in [2.45, 2.75) is 59.5 Å². The van der Waals surface area contributed by atoms with Gasteiger partial charge in [-0.05, 0) is 58.6 Å². The number of hydrogen-bond acceptors (Lipinski definition) is 4. The largest absolute Gasteiger partial charge is 0.480 e. The Morgan fingerprint density at radius 2 is 2.16 bits per heavy atom. The van der Waals surface area contributed by atoms with Gasteiger partial charge in [0.2, 0.25) is 5.88 Å². The molecule has 0 saturated carbocycles. The zero-order valence-corrected chi connectivity index (χ0v) is 15.6. The topological polar surface area (TPSA) is 69.0 Å². The summed E-state index contributed by atoms with van der Waals surface area (Å²) in [5, 5.41) is 7.62. The number of hydrogen-bond donors (Lipinski definition) is 1. The number of aryl methyl sites for hydroxylation is 4. The maximum atomic E-state index is 12.8. The van der Waals surface area contributed by atoms with Gasteiger partial charge in [-0.2, -0.15) is 5.10 Å². The van der Waals surface area contributed by atoms with Crippen molar-refractivity contribution in [3.63, 3.8) is 0 Å². The van der Waals surface area contributed by atoms with Crippen LogP contribution in [-0.4, -0.2) is 27.8 Å². The molecule has 0 aliphatic heterocycles. The van der Waals surface area contributed by atoms with Crippen molar-refractivity contribution >= 4 is 5.91 Å². The molecule has 2 aromatic heterocycles. The van der Waals surface area contributed by atoms with Crippen LogP contribution in [0.25, 0.3) is 0 Å². The van der Waals surface area contributed by atoms with Gasteiger partial charge in [0.1, 0.15) is 5.56 Å². The van der Waals surface area contributed by atoms with Crippen LogP contribution in [0.15, 0.2) is 6.07 Å². The fourth-order valence-corrected chi connectivity index (χ4v) is 3.76. The first-order valence-electron chi connectivity index (χ1n) is 8.87. The van der Waals surface area contributed by atoms with Gasteiger partial charge in [-0.15, -0.1) is 0 Å². The van der Waals surface area contributed by atoms with Crippen LogP contribution >= 0.6 is 0 Å². The third-order valence-electron chi connectivity index (χ3n) is 4.97. The lowest BCUT2D eigenvalue weighted by Crippen LogP contribution is -2.28. The van der Waals surface area contributed by atoms with Crippen molar-refractivity contribution in [1.82, 2.24) is 20.1 Å². The van der Waals surface area contributed by atoms with E-state index in [1.165, 1.54) is 0 Å². The van der Waals surface area contributed by atoms with Crippen molar-refractivity contribution in [2.75, 3.05) is 7.11 Å². The zero-order valence-electron chi connectivity index (χ0n) is 15.6. The molecule has 0 unspecified atom stereocenters. The molecule has 0 fully saturated rings. The predicted octanol–water partition coefficient (Wildman–Crippen LogP) is 2.90. The first-order chi connectivity index (χ1) is 12.0. The molecule has 1 amide bonds. The van der Waals surface area contributed by atoms with Crippen LogP contribution in [0.3, 0.4) is 0 Å². The van der Waals surface area contributed by atoms with E-state index < -0.39 is 0 Å². The highest BCUT2D eigenvalue weighted by Crippen LogP contribution is 2.27. The average molecular weight is 342 g/mol. The lowest BCUT2D eigenvalue weighted by atomic mass is 10.1. The number of carbonyl (C=O) groups is 1. The minimum atomic E-state index is -0.158. The van der Waals surface area contributed by atoms with Crippen molar-refractivity contribution in [3.05, 3.63) is 39.8 Å². The lowest BCUT2D eigenvalue weighted by molar-refractivity contribution is 0.0936. The number of rotatable bonds is 5. The highest BCUT2D eigenvalue weighted by Gasteiger charge is 2.24. The van der Waals surface area contributed by atoms with Crippen molar-refractivity contribution in [3.8, 4) is 5.88 Å². The molecule has 2 heterocycles. The van der Waals surface area contributed by atoms with E-state index in [4.69, 9.17) is 4.74 Å². The zero-order chi connectivity index (χ0) is 18.1. The lowest BCUT2D eigenvalue weighted by Gasteiger charge is -2.16. The monoisotopic (exact) mass is 342 g/mol. The van der Waals surface area contributed by atoms with E-state index in [9.17, 15) is 4.79 Å². The molecule has 1 atom stereocenters. The highest BCUT2D eigenvalue weighted by molar-refractivity contribution is 5.97. The standard InChI is InChI=1S/C19H26N4O2/c1-6-23-13(4)17(12(3)22-23)11(2)20-18(24)15-10-14-8-7-9-16(14)21-19(15)25-5/h10-11H,6-9H2,1-5H3,(H,20,24)/t11-/m0/s1. The van der Waals surface area contributed by atoms with Crippen LogP contribution in [-0.2, 0) is 19.4 Å². The summed E-state index contributed by atoms with van der Waals surface area (Å²) >= 11 is 0. The molecule has 6 heteroatoms. The summed E-state index contributed by atoms with van der Waals surface area (Å²) in [6, 6.07) is 1.80. The summed E-state index contributed by atoms with van der Waals surface area (Å²) in [7, 11) is 1.56. The quantitative estimate of drug-likeness (QED) is 0.907. The highest BCUT2D eigenvalue weighted by atomic mass is 16.5. The molecule has 2 aromatic rings. The van der Waals surface area contributed by atoms with Crippen LogP contribution < -0.4 is 10.1 Å². The van der Waals surface area contributed by atoms with Crippen LogP contribution in [0.4, 0.5) is 0 Å². The van der Waals surface area contributed by atoms with Gasteiger partial charge >= 0.3 is 0 Å². The Morgan fingerprint density at radius 3 is 2.80 bits per heavy atom. The number of ether oxygens (including phenoxy) is 1. The summed E-state index contributed by atoms with van der Waals surface area (Å²) in [4.78, 5) is 17.4. The maximum Gasteiger partial charge on any atom is 0.257 e. The molecule has 1 N–H and O–H groups in total. The predicted molar refractivity (Wildman–Crippen MR) is 96.1 cm³/mol. The first kappa shape index (κ1) is 17.5. The van der Waals surface area contributed by atoms with Gasteiger partial charge in [-0.1, -0.05) is 0 Å². The summed E-state index contributed by atoms with van der Waals surface area (Å²) in [6.45, 7) is 8.89. The van der Waals surface area contributed by atoms with Gasteiger partial charge in [0.05, 0.1) is 18.8 Å². The van der Waals surface area contributed by atoms with Crippen molar-refractivity contribution in [2.24, 2.45) is 0 Å². The fourth-order valence-electron chi connectivity index (χ4n) is 3.76. The summed E-state index contributed by atoms with van der Waals surface area (Å²) in [6.07, 6.45) is 3.02. The second-order valence-corrected chi connectivity index (χ2v) is 6.60. The first-order valence-corrected chi connectivity index (χ1v) is 8.87. The molecular formula is C19H26N4O2. The number of aromatic nitrogens is 3. The van der Waals surface area contributed by atoms with E-state index in [0.717, 1.165) is 54.0 Å². The SMILES string of the molecule is CCn1nc(C)c([C@H](C)NC(=O)c2cc3c(nc2OC)CCC3)c1C. The van der Waals surface area contributed by atoms with Gasteiger partial charge < -0.3 is 10.1 Å². The second kappa shape index (κ2) is 6.86. The number of nitrogens with one attached hydrogen (secondary N) is 1. The molecule has 0 aromatic carbocycles. The van der Waals surface area contributed by atoms with E-state index in [1.54, 1.807) is 7.11 Å². The molecule has 3 rings (SSSR count). The van der Waals surface area contributed by atoms with Gasteiger partial charge in [0.15, 0.2) is 0 Å². The Kier molecular flexibility index (Phi) is 4.79. The number of amides is 1. The number of fused-ring (bicyclic) bond motifs is 1. The molecule has 0 spiro atoms. The van der Waals surface area contributed by atoms with Crippen LogP contribution in [0.2, 0.25) is 0 Å². The minimum absolute atomic E-state index is 0.134. The van der Waals surface area contributed by atoms with Crippen molar-refractivity contribution < 1.29 is 9.53 Å². The van der Waals surface area contributed by atoms with Crippen LogP contribution in [0, 0.1) is 13.8 Å². The Morgan fingerprint density at radius 1 is 1.40 bits per heavy atom. The Bertz CT molecular complexity index is 810. The molecule has 0 saturated heterocycles. The van der Waals surface area contributed by atoms with E-state index in [1.807, 2.05) is 31.5 Å². The van der Waals surface area contributed by atoms with Gasteiger partial charge in [0, 0.05) is 23.5 Å². The maximum absolute atomic E-state index is 12.8. The van der Waals surface area contributed by atoms with E-state index in [2.05, 4.69) is 22.3 Å². The summed E-state index contributed by atoms with van der Waals surface area (Å²) < 4.78 is 7.32. The van der Waals surface area contributed by atoms with E-state index in [0.29, 0.717) is 11.4 Å². The summed E-state index contributed by atoms with van der Waals surface area (Å²) in [5.41, 5.74) is 5.83. The van der Waals surface area contributed by atoms with Gasteiger partial charge in [0.25, 0.3) is 5.91 Å². The number of pyridine rings is 1. The van der Waals surface area contributed by atoms with E-state index in [-0.39, 0.29) is 11.9 Å². The molecule has 0 bridgehead atoms.